The van der Waals surface area contributed by atoms with Crippen molar-refractivity contribution in [2.24, 2.45) is 5.41 Å². The van der Waals surface area contributed by atoms with Gasteiger partial charge in [-0.1, -0.05) is 48.5 Å². The highest BCUT2D eigenvalue weighted by Gasteiger charge is 2.50. The van der Waals surface area contributed by atoms with Crippen LogP contribution in [0.1, 0.15) is 24.0 Å². The Kier molecular flexibility index (Phi) is 4.83. The zero-order valence-electron chi connectivity index (χ0n) is 13.7. The molecule has 2 aromatic carbocycles. The molecule has 1 amide bonds. The highest BCUT2D eigenvalue weighted by Crippen LogP contribution is 2.49. The van der Waals surface area contributed by atoms with Crippen LogP contribution in [0.2, 0.25) is 0 Å². The Morgan fingerprint density at radius 3 is 2.32 bits per heavy atom. The first-order valence-corrected chi connectivity index (χ1v) is 8.31. The number of carbonyl (C=O) groups excluding carboxylic acids is 1. The van der Waals surface area contributed by atoms with E-state index in [4.69, 9.17) is 0 Å². The Morgan fingerprint density at radius 2 is 1.72 bits per heavy atom. The monoisotopic (exact) mass is 341 g/mol. The number of nitrogens with one attached hydrogen (secondary N) is 1. The third-order valence-corrected chi connectivity index (χ3v) is 4.71. The first-order chi connectivity index (χ1) is 12.0. The van der Waals surface area contributed by atoms with Gasteiger partial charge < -0.3 is 10.4 Å². The van der Waals surface area contributed by atoms with Crippen LogP contribution in [0.5, 0.6) is 0 Å². The minimum Gasteiger partial charge on any atom is -0.480 e. The molecule has 4 nitrogen and oxygen atoms in total. The molecule has 3 rings (SSSR count). The number of rotatable bonds is 7. The van der Waals surface area contributed by atoms with Gasteiger partial charge in [-0.25, -0.2) is 9.18 Å². The molecule has 1 atom stereocenters. The van der Waals surface area contributed by atoms with E-state index in [0.29, 0.717) is 24.8 Å². The van der Waals surface area contributed by atoms with Crippen LogP contribution in [0.25, 0.3) is 0 Å². The van der Waals surface area contributed by atoms with Crippen molar-refractivity contribution in [3.8, 4) is 0 Å². The summed E-state index contributed by atoms with van der Waals surface area (Å²) in [7, 11) is 0. The van der Waals surface area contributed by atoms with Gasteiger partial charge >= 0.3 is 5.97 Å². The van der Waals surface area contributed by atoms with Crippen LogP contribution in [0.4, 0.5) is 4.39 Å². The standard InChI is InChI=1S/C20H20FNO3/c21-16-9-5-4-8-15(16)13-20(10-11-20)19(25)22-17(18(23)24)12-14-6-2-1-3-7-14/h1-9,17H,10-13H2,(H,22,25)(H,23,24). The fraction of sp³-hybridized carbons (Fsp3) is 0.300. The van der Waals surface area contributed by atoms with Crippen molar-refractivity contribution < 1.29 is 19.1 Å². The molecular weight excluding hydrogens is 321 g/mol. The highest BCUT2D eigenvalue weighted by molar-refractivity contribution is 5.89. The van der Waals surface area contributed by atoms with E-state index in [9.17, 15) is 19.1 Å². The Bertz CT molecular complexity index is 772. The molecule has 5 heteroatoms. The predicted molar refractivity (Wildman–Crippen MR) is 91.5 cm³/mol. The fourth-order valence-corrected chi connectivity index (χ4v) is 3.00. The van der Waals surface area contributed by atoms with Gasteiger partial charge in [0.1, 0.15) is 11.9 Å². The van der Waals surface area contributed by atoms with E-state index in [-0.39, 0.29) is 18.1 Å². The molecule has 2 N–H and O–H groups in total. The van der Waals surface area contributed by atoms with E-state index in [0.717, 1.165) is 5.56 Å². The van der Waals surface area contributed by atoms with Crippen LogP contribution in [-0.4, -0.2) is 23.0 Å². The van der Waals surface area contributed by atoms with Crippen LogP contribution < -0.4 is 5.32 Å². The number of hydrogen-bond acceptors (Lipinski definition) is 2. The Labute approximate surface area is 145 Å². The lowest BCUT2D eigenvalue weighted by Crippen LogP contribution is -2.46. The molecule has 0 heterocycles. The van der Waals surface area contributed by atoms with Crippen LogP contribution >= 0.6 is 0 Å². The molecule has 1 saturated carbocycles. The number of carbonyl (C=O) groups is 2. The lowest BCUT2D eigenvalue weighted by Gasteiger charge is -2.20. The number of carboxylic acids is 1. The smallest absolute Gasteiger partial charge is 0.326 e. The molecule has 130 valence electrons. The molecule has 0 bridgehead atoms. The predicted octanol–water partition coefficient (Wildman–Crippen LogP) is 2.96. The molecule has 1 unspecified atom stereocenters. The molecule has 0 radical (unpaired) electrons. The fourth-order valence-electron chi connectivity index (χ4n) is 3.00. The summed E-state index contributed by atoms with van der Waals surface area (Å²) < 4.78 is 13.9. The minimum atomic E-state index is -1.07. The highest BCUT2D eigenvalue weighted by atomic mass is 19.1. The molecular formula is C20H20FNO3. The second kappa shape index (κ2) is 7.05. The van der Waals surface area contributed by atoms with E-state index in [1.807, 2.05) is 30.3 Å². The van der Waals surface area contributed by atoms with Crippen molar-refractivity contribution in [3.05, 3.63) is 71.5 Å². The quantitative estimate of drug-likeness (QED) is 0.814. The third-order valence-electron chi connectivity index (χ3n) is 4.71. The molecule has 0 aromatic heterocycles. The lowest BCUT2D eigenvalue weighted by molar-refractivity contribution is -0.142. The Balaban J connectivity index is 1.69. The van der Waals surface area contributed by atoms with Crippen molar-refractivity contribution in [2.75, 3.05) is 0 Å². The zero-order valence-corrected chi connectivity index (χ0v) is 13.7. The number of hydrogen-bond donors (Lipinski definition) is 2. The molecule has 0 saturated heterocycles. The van der Waals surface area contributed by atoms with Crippen LogP contribution in [0.15, 0.2) is 54.6 Å². The van der Waals surface area contributed by atoms with Gasteiger partial charge in [-0.2, -0.15) is 0 Å². The summed E-state index contributed by atoms with van der Waals surface area (Å²) in [5.41, 5.74) is 0.645. The Hall–Kier alpha value is -2.69. The van der Waals surface area contributed by atoms with E-state index >= 15 is 0 Å². The second-order valence-corrected chi connectivity index (χ2v) is 6.60. The van der Waals surface area contributed by atoms with E-state index < -0.39 is 17.4 Å². The van der Waals surface area contributed by atoms with Crippen molar-refractivity contribution in [1.29, 1.82) is 0 Å². The first-order valence-electron chi connectivity index (χ1n) is 8.31. The van der Waals surface area contributed by atoms with Gasteiger partial charge in [-0.05, 0) is 36.5 Å². The number of benzene rings is 2. The lowest BCUT2D eigenvalue weighted by atomic mass is 9.94. The SMILES string of the molecule is O=C(O)C(Cc1ccccc1)NC(=O)C1(Cc2ccccc2F)CC1. The van der Waals surface area contributed by atoms with Crippen molar-refractivity contribution in [3.63, 3.8) is 0 Å². The summed E-state index contributed by atoms with van der Waals surface area (Å²) in [6, 6.07) is 14.6. The van der Waals surface area contributed by atoms with E-state index in [1.54, 1.807) is 18.2 Å². The van der Waals surface area contributed by atoms with Gasteiger partial charge in [0.25, 0.3) is 0 Å². The first kappa shape index (κ1) is 17.1. The number of aliphatic carboxylic acids is 1. The molecule has 1 aliphatic carbocycles. The number of carboxylic acid groups (broad SMARTS) is 1. The summed E-state index contributed by atoms with van der Waals surface area (Å²) in [5, 5.41) is 12.1. The largest absolute Gasteiger partial charge is 0.480 e. The number of amides is 1. The topological polar surface area (TPSA) is 66.4 Å². The van der Waals surface area contributed by atoms with E-state index in [1.165, 1.54) is 6.07 Å². The van der Waals surface area contributed by atoms with Gasteiger partial charge in [0.2, 0.25) is 5.91 Å². The molecule has 1 aliphatic rings. The summed E-state index contributed by atoms with van der Waals surface area (Å²) in [5.74, 6) is -1.71. The van der Waals surface area contributed by atoms with Crippen LogP contribution in [-0.2, 0) is 22.4 Å². The average molecular weight is 341 g/mol. The van der Waals surface area contributed by atoms with Crippen LogP contribution in [0, 0.1) is 11.2 Å². The average Bonchev–Trinajstić information content (AvgIpc) is 3.38. The maximum atomic E-state index is 13.9. The second-order valence-electron chi connectivity index (χ2n) is 6.60. The van der Waals surface area contributed by atoms with E-state index in [2.05, 4.69) is 5.32 Å². The van der Waals surface area contributed by atoms with Gasteiger partial charge in [-0.15, -0.1) is 0 Å². The van der Waals surface area contributed by atoms with Crippen molar-refractivity contribution >= 4 is 11.9 Å². The van der Waals surface area contributed by atoms with Gasteiger partial charge in [0, 0.05) is 6.42 Å². The molecule has 0 spiro atoms. The molecule has 2 aromatic rings. The Morgan fingerprint density at radius 1 is 1.08 bits per heavy atom. The molecule has 25 heavy (non-hydrogen) atoms. The zero-order chi connectivity index (χ0) is 17.9. The van der Waals surface area contributed by atoms with Gasteiger partial charge in [0.15, 0.2) is 0 Å². The maximum Gasteiger partial charge on any atom is 0.326 e. The summed E-state index contributed by atoms with van der Waals surface area (Å²) in [4.78, 5) is 24.2. The summed E-state index contributed by atoms with van der Waals surface area (Å²) in [6.45, 7) is 0. The van der Waals surface area contributed by atoms with Crippen molar-refractivity contribution in [1.82, 2.24) is 5.32 Å². The molecule has 1 fully saturated rings. The van der Waals surface area contributed by atoms with Crippen molar-refractivity contribution in [2.45, 2.75) is 31.7 Å². The summed E-state index contributed by atoms with van der Waals surface area (Å²) in [6.07, 6.45) is 1.80. The maximum absolute atomic E-state index is 13.9. The third kappa shape index (κ3) is 4.05. The van der Waals surface area contributed by atoms with Gasteiger partial charge in [0.05, 0.1) is 5.41 Å². The van der Waals surface area contributed by atoms with Gasteiger partial charge in [-0.3, -0.25) is 4.79 Å². The normalized spacial score (nSPS) is 16.0. The minimum absolute atomic E-state index is 0.220. The molecule has 0 aliphatic heterocycles. The number of halogens is 1. The van der Waals surface area contributed by atoms with Crippen LogP contribution in [0.3, 0.4) is 0 Å². The summed E-state index contributed by atoms with van der Waals surface area (Å²) >= 11 is 0.